The molecule has 3 amide bonds. The first kappa shape index (κ1) is 25.3. The van der Waals surface area contributed by atoms with E-state index < -0.39 is 23.2 Å². The molecule has 0 saturated carbocycles. The molecule has 0 radical (unpaired) electrons. The summed E-state index contributed by atoms with van der Waals surface area (Å²) in [7, 11) is 2.63. The molecule has 1 atom stereocenters. The molecule has 2 aromatic rings. The second-order valence-electron chi connectivity index (χ2n) is 6.99. The number of esters is 1. The summed E-state index contributed by atoms with van der Waals surface area (Å²) in [6.45, 7) is 1.17. The van der Waals surface area contributed by atoms with Crippen LogP contribution in [0.4, 0.5) is 10.5 Å². The Balaban J connectivity index is 1.76. The average molecular weight is 549 g/mol. The van der Waals surface area contributed by atoms with E-state index in [1.807, 2.05) is 6.07 Å². The smallest absolute Gasteiger partial charge is 0.328 e. The largest absolute Gasteiger partial charge is 0.493 e. The summed E-state index contributed by atoms with van der Waals surface area (Å²) in [5, 5.41) is 2.16. The van der Waals surface area contributed by atoms with Crippen molar-refractivity contribution in [3.63, 3.8) is 0 Å². The monoisotopic (exact) mass is 548 g/mol. The molecule has 34 heavy (non-hydrogen) atoms. The summed E-state index contributed by atoms with van der Waals surface area (Å²) in [6, 6.07) is 11.2. The summed E-state index contributed by atoms with van der Waals surface area (Å²) in [4.78, 5) is 50.0. The van der Waals surface area contributed by atoms with E-state index in [0.29, 0.717) is 27.2 Å². The molecule has 2 aromatic carbocycles. The highest BCUT2D eigenvalue weighted by atomic mass is 79.9. The van der Waals surface area contributed by atoms with Crippen LogP contribution in [-0.4, -0.2) is 54.8 Å². The molecule has 3 rings (SSSR count). The van der Waals surface area contributed by atoms with Gasteiger partial charge in [0.2, 0.25) is 0 Å². The fourth-order valence-corrected chi connectivity index (χ4v) is 4.54. The molecule has 1 fully saturated rings. The predicted octanol–water partition coefficient (Wildman–Crippen LogP) is 4.07. The van der Waals surface area contributed by atoms with Crippen molar-refractivity contribution in [3.8, 4) is 11.5 Å². The number of anilines is 1. The Bertz CT molecular complexity index is 1150. The van der Waals surface area contributed by atoms with E-state index in [9.17, 15) is 19.2 Å². The van der Waals surface area contributed by atoms with Gasteiger partial charge in [-0.3, -0.25) is 19.3 Å². The molecule has 0 spiro atoms. The van der Waals surface area contributed by atoms with Gasteiger partial charge in [0.15, 0.2) is 18.1 Å². The van der Waals surface area contributed by atoms with Crippen molar-refractivity contribution >= 4 is 62.5 Å². The van der Waals surface area contributed by atoms with Gasteiger partial charge < -0.3 is 19.5 Å². The van der Waals surface area contributed by atoms with Gasteiger partial charge >= 0.3 is 5.97 Å². The standard InChI is InChI=1S/C23H21BrN2O7S/c1-13(22(29)32-3)26-21(28)18(34-23(26)30)11-14-9-16(24)20(17(10-14)31-2)33-12-19(27)25-15-7-5-4-6-8-15/h4-11,13H,12H2,1-3H3,(H,25,27)/b18-11+/t13-/m1/s1. The molecule has 1 saturated heterocycles. The van der Waals surface area contributed by atoms with Crippen molar-refractivity contribution in [1.82, 2.24) is 4.90 Å². The quantitative estimate of drug-likeness (QED) is 0.388. The summed E-state index contributed by atoms with van der Waals surface area (Å²) in [6.07, 6.45) is 1.51. The van der Waals surface area contributed by atoms with Crippen LogP contribution in [-0.2, 0) is 19.1 Å². The Kier molecular flexibility index (Phi) is 8.35. The number of thioether (sulfide) groups is 1. The van der Waals surface area contributed by atoms with Gasteiger partial charge in [-0.2, -0.15) is 0 Å². The van der Waals surface area contributed by atoms with Crippen molar-refractivity contribution in [3.05, 3.63) is 57.4 Å². The summed E-state index contributed by atoms with van der Waals surface area (Å²) < 4.78 is 16.1. The molecule has 0 aliphatic carbocycles. The number of hydrogen-bond donors (Lipinski definition) is 1. The van der Waals surface area contributed by atoms with E-state index in [1.165, 1.54) is 27.2 Å². The number of ether oxygens (including phenoxy) is 3. The van der Waals surface area contributed by atoms with Crippen LogP contribution in [0.15, 0.2) is 51.8 Å². The normalized spacial score (nSPS) is 15.3. The number of methoxy groups -OCH3 is 2. The minimum Gasteiger partial charge on any atom is -0.493 e. The zero-order valence-corrected chi connectivity index (χ0v) is 20.9. The SMILES string of the molecule is COC(=O)[C@@H](C)N1C(=O)S/C(=C/c2cc(Br)c(OCC(=O)Nc3ccccc3)c(OC)c2)C1=O. The molecule has 0 bridgehead atoms. The van der Waals surface area contributed by atoms with Gasteiger partial charge in [0, 0.05) is 5.69 Å². The molecule has 0 unspecified atom stereocenters. The highest BCUT2D eigenvalue weighted by Gasteiger charge is 2.41. The van der Waals surface area contributed by atoms with Crippen molar-refractivity contribution in [1.29, 1.82) is 0 Å². The lowest BCUT2D eigenvalue weighted by atomic mass is 10.1. The molecule has 1 aliphatic rings. The average Bonchev–Trinajstić information content (AvgIpc) is 3.10. The Morgan fingerprint density at radius 2 is 1.88 bits per heavy atom. The third kappa shape index (κ3) is 5.78. The first-order valence-electron chi connectivity index (χ1n) is 9.95. The molecule has 9 nitrogen and oxygen atoms in total. The number of nitrogens with one attached hydrogen (secondary N) is 1. The van der Waals surface area contributed by atoms with Crippen LogP contribution in [0.5, 0.6) is 11.5 Å². The van der Waals surface area contributed by atoms with Crippen molar-refractivity contribution in [2.45, 2.75) is 13.0 Å². The lowest BCUT2D eigenvalue weighted by Crippen LogP contribution is -2.42. The molecule has 178 valence electrons. The maximum atomic E-state index is 12.7. The molecule has 1 heterocycles. The van der Waals surface area contributed by atoms with Crippen molar-refractivity contribution in [2.24, 2.45) is 0 Å². The number of halogens is 1. The zero-order valence-electron chi connectivity index (χ0n) is 18.5. The maximum Gasteiger partial charge on any atom is 0.328 e. The van der Waals surface area contributed by atoms with Gasteiger partial charge in [-0.1, -0.05) is 18.2 Å². The van der Waals surface area contributed by atoms with Crippen LogP contribution in [0.3, 0.4) is 0 Å². The Labute approximate surface area is 208 Å². The van der Waals surface area contributed by atoms with Crippen molar-refractivity contribution in [2.75, 3.05) is 26.1 Å². The van der Waals surface area contributed by atoms with Gasteiger partial charge in [-0.25, -0.2) is 4.79 Å². The number of benzene rings is 2. The lowest BCUT2D eigenvalue weighted by Gasteiger charge is -2.18. The molecular weight excluding hydrogens is 528 g/mol. The van der Waals surface area contributed by atoms with E-state index in [-0.39, 0.29) is 17.4 Å². The minimum atomic E-state index is -1.04. The molecular formula is C23H21BrN2O7S. The van der Waals surface area contributed by atoms with E-state index in [2.05, 4.69) is 26.0 Å². The lowest BCUT2D eigenvalue weighted by molar-refractivity contribution is -0.148. The van der Waals surface area contributed by atoms with E-state index >= 15 is 0 Å². The molecule has 0 aromatic heterocycles. The highest BCUT2D eigenvalue weighted by molar-refractivity contribution is 9.10. The third-order valence-electron chi connectivity index (χ3n) is 4.71. The first-order valence-corrected chi connectivity index (χ1v) is 11.6. The third-order valence-corrected chi connectivity index (χ3v) is 6.18. The van der Waals surface area contributed by atoms with Gasteiger partial charge in [-0.05, 0) is 70.5 Å². The Morgan fingerprint density at radius 1 is 1.18 bits per heavy atom. The number of carbonyl (C=O) groups is 4. The second-order valence-corrected chi connectivity index (χ2v) is 8.84. The highest BCUT2D eigenvalue weighted by Crippen LogP contribution is 2.39. The van der Waals surface area contributed by atoms with Crippen LogP contribution in [0.25, 0.3) is 6.08 Å². The molecule has 11 heteroatoms. The predicted molar refractivity (Wildman–Crippen MR) is 131 cm³/mol. The number of rotatable bonds is 8. The first-order chi connectivity index (χ1) is 16.2. The van der Waals surface area contributed by atoms with Crippen LogP contribution < -0.4 is 14.8 Å². The van der Waals surface area contributed by atoms with Crippen LogP contribution in [0, 0.1) is 0 Å². The zero-order chi connectivity index (χ0) is 24.8. The van der Waals surface area contributed by atoms with Gasteiger partial charge in [0.05, 0.1) is 23.6 Å². The number of nitrogens with zero attached hydrogens (tertiary/aromatic N) is 1. The number of imide groups is 1. The second kappa shape index (κ2) is 11.2. The molecule has 1 aliphatic heterocycles. The fraction of sp³-hybridized carbons (Fsp3) is 0.217. The topological polar surface area (TPSA) is 111 Å². The molecule has 1 N–H and O–H groups in total. The number of carbonyl (C=O) groups excluding carboxylic acids is 4. The number of para-hydroxylation sites is 1. The van der Waals surface area contributed by atoms with Gasteiger partial charge in [0.25, 0.3) is 17.1 Å². The van der Waals surface area contributed by atoms with Crippen LogP contribution in [0.2, 0.25) is 0 Å². The summed E-state index contributed by atoms with van der Waals surface area (Å²) in [5.41, 5.74) is 1.19. The maximum absolute atomic E-state index is 12.7. The van der Waals surface area contributed by atoms with E-state index in [0.717, 1.165) is 16.7 Å². The van der Waals surface area contributed by atoms with Crippen molar-refractivity contribution < 1.29 is 33.4 Å². The van der Waals surface area contributed by atoms with Crippen LogP contribution >= 0.6 is 27.7 Å². The van der Waals surface area contributed by atoms with Crippen LogP contribution in [0.1, 0.15) is 12.5 Å². The van der Waals surface area contributed by atoms with Gasteiger partial charge in [0.1, 0.15) is 6.04 Å². The van der Waals surface area contributed by atoms with E-state index in [4.69, 9.17) is 9.47 Å². The Hall–Kier alpha value is -3.31. The summed E-state index contributed by atoms with van der Waals surface area (Å²) >= 11 is 4.12. The number of hydrogen-bond acceptors (Lipinski definition) is 8. The van der Waals surface area contributed by atoms with Gasteiger partial charge in [-0.15, -0.1) is 0 Å². The fourth-order valence-electron chi connectivity index (χ4n) is 3.06. The summed E-state index contributed by atoms with van der Waals surface area (Å²) in [5.74, 6) is -1.02. The minimum absolute atomic E-state index is 0.144. The van der Waals surface area contributed by atoms with E-state index in [1.54, 1.807) is 36.4 Å². The number of amides is 3. The Morgan fingerprint density at radius 3 is 2.53 bits per heavy atom.